The minimum absolute atomic E-state index is 0. The van der Waals surface area contributed by atoms with E-state index in [4.69, 9.17) is 9.97 Å². The number of carbonyl (C=O) groups excluding carboxylic acids is 2. The van der Waals surface area contributed by atoms with Gasteiger partial charge in [0.05, 0.1) is 22.2 Å². The summed E-state index contributed by atoms with van der Waals surface area (Å²) < 4.78 is 27.9. The van der Waals surface area contributed by atoms with Crippen LogP contribution in [0.2, 0.25) is 0 Å². The summed E-state index contributed by atoms with van der Waals surface area (Å²) in [5, 5.41) is 28.0. The second kappa shape index (κ2) is 16.6. The van der Waals surface area contributed by atoms with Crippen molar-refractivity contribution in [1.82, 2.24) is 30.6 Å². The fourth-order valence-corrected chi connectivity index (χ4v) is 7.69. The lowest BCUT2D eigenvalue weighted by molar-refractivity contribution is -0.123. The lowest BCUT2D eigenvalue weighted by Crippen LogP contribution is -2.38. The van der Waals surface area contributed by atoms with Gasteiger partial charge in [-0.15, -0.1) is 12.4 Å². The third kappa shape index (κ3) is 8.68. The normalized spacial score (nSPS) is 18.6. The zero-order valence-corrected chi connectivity index (χ0v) is 32.8. The van der Waals surface area contributed by atoms with Gasteiger partial charge in [0, 0.05) is 60.9 Å². The number of hydrogen-bond donors (Lipinski definition) is 4. The number of aromatic hydroxyl groups is 2. The molecule has 0 unspecified atom stereocenters. The van der Waals surface area contributed by atoms with E-state index < -0.39 is 0 Å². The number of halogens is 3. The average molecular weight is 821 g/mol. The minimum atomic E-state index is -0.351. The molecular formula is C44H43ClF2N8O4. The van der Waals surface area contributed by atoms with Crippen molar-refractivity contribution in [3.8, 4) is 34.3 Å². The molecule has 2 aromatic heterocycles. The largest absolute Gasteiger partial charge is 0.507 e. The molecule has 0 radical (unpaired) electrons. The molecule has 4 aromatic carbocycles. The number of amides is 2. The molecule has 4 heterocycles. The summed E-state index contributed by atoms with van der Waals surface area (Å²) in [6.07, 6.45) is 5.52. The molecular weight excluding hydrogens is 778 g/mol. The number of nitrogens with one attached hydrogen (secondary N) is 2. The van der Waals surface area contributed by atoms with Gasteiger partial charge in [0.2, 0.25) is 11.8 Å². The van der Waals surface area contributed by atoms with E-state index in [1.165, 1.54) is 24.3 Å². The first-order valence-electron chi connectivity index (χ1n) is 19.8. The molecule has 59 heavy (non-hydrogen) atoms. The monoisotopic (exact) mass is 820 g/mol. The van der Waals surface area contributed by atoms with Crippen molar-refractivity contribution >= 4 is 57.7 Å². The van der Waals surface area contributed by atoms with Crippen molar-refractivity contribution < 1.29 is 28.6 Å². The summed E-state index contributed by atoms with van der Waals surface area (Å²) in [5.74, 6) is 2.11. The van der Waals surface area contributed by atoms with Crippen LogP contribution in [0.3, 0.4) is 0 Å². The maximum atomic E-state index is 14.0. The number of phenolic OH excluding ortho intramolecular Hbond substituents is 2. The van der Waals surface area contributed by atoms with E-state index in [1.807, 2.05) is 12.1 Å². The number of para-hydroxylation sites is 2. The Labute approximate surface area is 345 Å². The van der Waals surface area contributed by atoms with Crippen molar-refractivity contribution in [2.75, 3.05) is 36.0 Å². The Morgan fingerprint density at radius 1 is 0.576 bits per heavy atom. The molecule has 0 spiro atoms. The lowest BCUT2D eigenvalue weighted by atomic mass is 10.1. The van der Waals surface area contributed by atoms with Gasteiger partial charge in [0.25, 0.3) is 0 Å². The highest BCUT2D eigenvalue weighted by molar-refractivity contribution is 5.93. The highest BCUT2D eigenvalue weighted by Crippen LogP contribution is 2.36. The third-order valence-corrected chi connectivity index (χ3v) is 11.1. The Balaban J connectivity index is 0.000000161. The number of phenols is 2. The zero-order chi connectivity index (χ0) is 39.9. The molecule has 2 saturated heterocycles. The number of aromatic nitrogens is 4. The maximum Gasteiger partial charge on any atom is 0.223 e. The smallest absolute Gasteiger partial charge is 0.223 e. The van der Waals surface area contributed by atoms with E-state index >= 15 is 0 Å². The molecule has 0 bridgehead atoms. The summed E-state index contributed by atoms with van der Waals surface area (Å²) in [4.78, 5) is 46.8. The highest BCUT2D eigenvalue weighted by atomic mass is 35.5. The van der Waals surface area contributed by atoms with Crippen molar-refractivity contribution in [1.29, 1.82) is 0 Å². The topological polar surface area (TPSA) is 157 Å². The van der Waals surface area contributed by atoms with E-state index in [1.54, 1.807) is 48.5 Å². The van der Waals surface area contributed by atoms with E-state index in [0.717, 1.165) is 38.5 Å². The molecule has 2 atom stereocenters. The minimum Gasteiger partial charge on any atom is -0.507 e. The maximum absolute atomic E-state index is 14.0. The number of nitrogens with zero attached hydrogens (tertiary/aromatic N) is 6. The first-order valence-corrected chi connectivity index (χ1v) is 19.8. The standard InChI is InChI=1S/2C22H21FN4O2.ClH/c2*23-14-7-8-18-17(11-14)21(26-20(25-18)16-3-1-2-4-19(16)28)27-10-9-15(12-27)24-22(29)13-5-6-13;/h2*1-4,7-8,11,13,15,28H,5-6,9-10,12H2,(H,24,29);1H/t2*15-;/m11./s1. The van der Waals surface area contributed by atoms with Crippen molar-refractivity contribution in [3.63, 3.8) is 0 Å². The summed E-state index contributed by atoms with van der Waals surface area (Å²) >= 11 is 0. The summed E-state index contributed by atoms with van der Waals surface area (Å²) in [6, 6.07) is 22.8. The number of rotatable bonds is 8. The Kier molecular flexibility index (Phi) is 11.2. The van der Waals surface area contributed by atoms with Crippen molar-refractivity contribution in [2.24, 2.45) is 11.8 Å². The van der Waals surface area contributed by atoms with Crippen LogP contribution >= 0.6 is 12.4 Å². The third-order valence-electron chi connectivity index (χ3n) is 11.1. The van der Waals surface area contributed by atoms with Gasteiger partial charge in [-0.3, -0.25) is 9.59 Å². The van der Waals surface area contributed by atoms with E-state index in [2.05, 4.69) is 30.4 Å². The molecule has 4 fully saturated rings. The summed E-state index contributed by atoms with van der Waals surface area (Å²) in [5.41, 5.74) is 2.27. The SMILES string of the molecule is Cl.O=C(N[C@@H]1CCN(c2nc(-c3ccccc3O)nc3ccc(F)cc23)C1)C1CC1.O=C(N[C@@H]1CCN(c2nc(-c3ccccc3O)nc3ccc(F)cc23)C1)C1CC1. The van der Waals surface area contributed by atoms with Crippen molar-refractivity contribution in [3.05, 3.63) is 96.6 Å². The molecule has 4 N–H and O–H groups in total. The molecule has 2 aliphatic heterocycles. The van der Waals surface area contributed by atoms with Crippen molar-refractivity contribution in [2.45, 2.75) is 50.6 Å². The van der Waals surface area contributed by atoms with E-state index in [9.17, 15) is 28.6 Å². The molecule has 304 valence electrons. The first kappa shape index (κ1) is 39.7. The molecule has 15 heteroatoms. The number of fused-ring (bicyclic) bond motifs is 2. The fraction of sp³-hybridized carbons (Fsp3) is 0.318. The van der Waals surface area contributed by atoms with Gasteiger partial charge in [-0.2, -0.15) is 0 Å². The van der Waals surface area contributed by atoms with Gasteiger partial charge in [-0.1, -0.05) is 24.3 Å². The van der Waals surface area contributed by atoms with Crippen LogP contribution in [-0.2, 0) is 9.59 Å². The molecule has 12 nitrogen and oxygen atoms in total. The summed E-state index contributed by atoms with van der Waals surface area (Å²) in [7, 11) is 0. The van der Waals surface area contributed by atoms with Gasteiger partial charge in [0.1, 0.15) is 34.8 Å². The van der Waals surface area contributed by atoms with Gasteiger partial charge in [-0.05, 0) is 99.2 Å². The van der Waals surface area contributed by atoms with Crippen LogP contribution in [0.4, 0.5) is 20.4 Å². The summed E-state index contributed by atoms with van der Waals surface area (Å²) in [6.45, 7) is 2.64. The lowest BCUT2D eigenvalue weighted by Gasteiger charge is -2.21. The molecule has 10 rings (SSSR count). The predicted octanol–water partition coefficient (Wildman–Crippen LogP) is 6.91. The number of benzene rings is 4. The molecule has 2 saturated carbocycles. The van der Waals surface area contributed by atoms with E-state index in [-0.39, 0.29) is 71.3 Å². The van der Waals surface area contributed by atoms with Crippen LogP contribution in [0.1, 0.15) is 38.5 Å². The average Bonchev–Trinajstić information content (AvgIpc) is 4.16. The fourth-order valence-electron chi connectivity index (χ4n) is 7.69. The van der Waals surface area contributed by atoms with Crippen LogP contribution in [0, 0.1) is 23.5 Å². The predicted molar refractivity (Wildman–Crippen MR) is 223 cm³/mol. The van der Waals surface area contributed by atoms with Crippen LogP contribution in [0.5, 0.6) is 11.5 Å². The van der Waals surface area contributed by atoms with Crippen LogP contribution in [-0.4, -0.2) is 80.2 Å². The van der Waals surface area contributed by atoms with Crippen LogP contribution < -0.4 is 20.4 Å². The van der Waals surface area contributed by atoms with E-state index in [0.29, 0.717) is 82.4 Å². The Morgan fingerprint density at radius 3 is 1.37 bits per heavy atom. The molecule has 4 aliphatic rings. The number of hydrogen-bond acceptors (Lipinski definition) is 10. The van der Waals surface area contributed by atoms with Gasteiger partial charge >= 0.3 is 0 Å². The van der Waals surface area contributed by atoms with Gasteiger partial charge < -0.3 is 30.6 Å². The highest BCUT2D eigenvalue weighted by Gasteiger charge is 2.35. The van der Waals surface area contributed by atoms with Crippen LogP contribution in [0.25, 0.3) is 44.6 Å². The Bertz CT molecular complexity index is 2380. The Morgan fingerprint density at radius 2 is 0.983 bits per heavy atom. The quantitative estimate of drug-likeness (QED) is 0.127. The molecule has 2 aliphatic carbocycles. The van der Waals surface area contributed by atoms with Gasteiger partial charge in [-0.25, -0.2) is 28.7 Å². The number of carbonyl (C=O) groups is 2. The molecule has 6 aromatic rings. The number of anilines is 2. The van der Waals surface area contributed by atoms with Gasteiger partial charge in [0.15, 0.2) is 11.6 Å². The second-order valence-electron chi connectivity index (χ2n) is 15.5. The van der Waals surface area contributed by atoms with Crippen LogP contribution in [0.15, 0.2) is 84.9 Å². The molecule has 2 amide bonds. The zero-order valence-electron chi connectivity index (χ0n) is 32.0. The second-order valence-corrected chi connectivity index (χ2v) is 15.5. The Hall–Kier alpha value is -6.15. The first-order chi connectivity index (χ1) is 28.2.